The Morgan fingerprint density at radius 1 is 1.20 bits per heavy atom. The first-order valence-electron chi connectivity index (χ1n) is 7.85. The Bertz CT molecular complexity index is 353. The van der Waals surface area contributed by atoms with Gasteiger partial charge in [-0.3, -0.25) is 0 Å². The number of nitrogens with zero attached hydrogens (tertiary/aromatic N) is 1. The molecule has 5 heteroatoms. The highest BCUT2D eigenvalue weighted by Crippen LogP contribution is 2.24. The van der Waals surface area contributed by atoms with E-state index in [0.717, 1.165) is 6.42 Å². The van der Waals surface area contributed by atoms with Crippen LogP contribution in [0.2, 0.25) is 0 Å². The molecule has 0 aromatic heterocycles. The number of urea groups is 1. The number of hydrogen-bond acceptors (Lipinski definition) is 2. The highest BCUT2D eigenvalue weighted by Gasteiger charge is 2.34. The van der Waals surface area contributed by atoms with Crippen molar-refractivity contribution >= 4 is 12.0 Å². The lowest BCUT2D eigenvalue weighted by Crippen LogP contribution is -2.53. The number of amides is 2. The van der Waals surface area contributed by atoms with Crippen molar-refractivity contribution in [3.63, 3.8) is 0 Å². The minimum absolute atomic E-state index is 0.199. The molecule has 0 radical (unpaired) electrons. The van der Waals surface area contributed by atoms with Crippen molar-refractivity contribution in [3.8, 4) is 0 Å². The number of piperidine rings is 1. The number of carboxylic acids is 1. The van der Waals surface area contributed by atoms with Crippen LogP contribution in [0.5, 0.6) is 0 Å². The Labute approximate surface area is 120 Å². The van der Waals surface area contributed by atoms with Crippen LogP contribution in [0, 0.1) is 11.8 Å². The van der Waals surface area contributed by atoms with Crippen molar-refractivity contribution in [1.82, 2.24) is 10.2 Å². The third kappa shape index (κ3) is 3.87. The number of carbonyl (C=O) groups excluding carboxylic acids is 1. The molecule has 2 fully saturated rings. The number of likely N-dealkylation sites (tertiary alicyclic amines) is 1. The maximum absolute atomic E-state index is 12.2. The Morgan fingerprint density at radius 2 is 1.90 bits per heavy atom. The highest BCUT2D eigenvalue weighted by atomic mass is 16.4. The molecule has 2 amide bonds. The molecule has 1 aliphatic heterocycles. The molecule has 0 spiro atoms. The van der Waals surface area contributed by atoms with Gasteiger partial charge in [0.25, 0.3) is 0 Å². The summed E-state index contributed by atoms with van der Waals surface area (Å²) < 4.78 is 0. The number of rotatable bonds is 3. The molecule has 1 saturated heterocycles. The van der Waals surface area contributed by atoms with Crippen LogP contribution in [-0.2, 0) is 4.79 Å². The van der Waals surface area contributed by atoms with Crippen molar-refractivity contribution in [2.45, 2.75) is 57.9 Å². The van der Waals surface area contributed by atoms with E-state index in [1.54, 1.807) is 0 Å². The summed E-state index contributed by atoms with van der Waals surface area (Å²) in [6, 6.07) is -0.861. The van der Waals surface area contributed by atoms with Gasteiger partial charge in [0.1, 0.15) is 6.04 Å². The van der Waals surface area contributed by atoms with Gasteiger partial charge in [-0.1, -0.05) is 26.2 Å². The highest BCUT2D eigenvalue weighted by molar-refractivity contribution is 5.82. The van der Waals surface area contributed by atoms with Crippen LogP contribution in [0.1, 0.15) is 51.9 Å². The zero-order chi connectivity index (χ0) is 14.5. The fourth-order valence-corrected chi connectivity index (χ4v) is 3.34. The van der Waals surface area contributed by atoms with Crippen LogP contribution in [0.15, 0.2) is 0 Å². The van der Waals surface area contributed by atoms with Crippen molar-refractivity contribution in [3.05, 3.63) is 0 Å². The fourth-order valence-electron chi connectivity index (χ4n) is 3.34. The van der Waals surface area contributed by atoms with Gasteiger partial charge in [0.05, 0.1) is 0 Å². The number of aliphatic carboxylic acids is 1. The van der Waals surface area contributed by atoms with E-state index in [9.17, 15) is 14.7 Å². The molecule has 1 saturated carbocycles. The van der Waals surface area contributed by atoms with E-state index in [1.165, 1.54) is 37.0 Å². The van der Waals surface area contributed by atoms with Gasteiger partial charge in [0.2, 0.25) is 0 Å². The second kappa shape index (κ2) is 6.95. The molecule has 0 aromatic rings. The number of nitrogens with one attached hydrogen (secondary N) is 1. The van der Waals surface area contributed by atoms with Crippen molar-refractivity contribution < 1.29 is 14.7 Å². The van der Waals surface area contributed by atoms with Gasteiger partial charge in [-0.25, -0.2) is 9.59 Å². The Morgan fingerprint density at radius 3 is 2.55 bits per heavy atom. The molecule has 2 atom stereocenters. The summed E-state index contributed by atoms with van der Waals surface area (Å²) in [7, 11) is 0. The summed E-state index contributed by atoms with van der Waals surface area (Å²) in [4.78, 5) is 25.0. The van der Waals surface area contributed by atoms with Crippen LogP contribution in [0.25, 0.3) is 0 Å². The molecule has 0 bridgehead atoms. The van der Waals surface area contributed by atoms with Gasteiger partial charge in [-0.2, -0.15) is 0 Å². The topological polar surface area (TPSA) is 69.6 Å². The minimum Gasteiger partial charge on any atom is -0.480 e. The molecule has 1 aliphatic carbocycles. The molecule has 0 aromatic carbocycles. The second-order valence-electron chi connectivity index (χ2n) is 6.37. The molecule has 5 nitrogen and oxygen atoms in total. The summed E-state index contributed by atoms with van der Waals surface area (Å²) in [5.74, 6) is 0.0579. The maximum atomic E-state index is 12.2. The van der Waals surface area contributed by atoms with Crippen molar-refractivity contribution in [1.29, 1.82) is 0 Å². The third-order valence-electron chi connectivity index (χ3n) is 4.68. The molecular formula is C15H26N2O3. The molecule has 1 heterocycles. The van der Waals surface area contributed by atoms with Gasteiger partial charge in [0.15, 0.2) is 0 Å². The van der Waals surface area contributed by atoms with Crippen LogP contribution >= 0.6 is 0 Å². The minimum atomic E-state index is -0.885. The summed E-state index contributed by atoms with van der Waals surface area (Å²) >= 11 is 0. The molecule has 2 rings (SSSR count). The van der Waals surface area contributed by atoms with Crippen molar-refractivity contribution in [2.75, 3.05) is 13.1 Å². The van der Waals surface area contributed by atoms with Gasteiger partial charge in [-0.05, 0) is 37.5 Å². The van der Waals surface area contributed by atoms with Crippen LogP contribution in [0.4, 0.5) is 4.79 Å². The molecule has 2 N–H and O–H groups in total. The van der Waals surface area contributed by atoms with Crippen LogP contribution in [-0.4, -0.2) is 41.1 Å². The number of carbonyl (C=O) groups is 2. The summed E-state index contributed by atoms with van der Waals surface area (Å²) in [6.07, 6.45) is 7.61. The average molecular weight is 282 g/mol. The van der Waals surface area contributed by atoms with E-state index in [2.05, 4.69) is 5.32 Å². The van der Waals surface area contributed by atoms with E-state index in [-0.39, 0.29) is 6.03 Å². The zero-order valence-corrected chi connectivity index (χ0v) is 12.3. The number of carboxylic acid groups (broad SMARTS) is 1. The van der Waals surface area contributed by atoms with Crippen LogP contribution in [0.3, 0.4) is 0 Å². The summed E-state index contributed by atoms with van der Waals surface area (Å²) in [6.45, 7) is 3.29. The molecule has 20 heavy (non-hydrogen) atoms. The van der Waals surface area contributed by atoms with E-state index >= 15 is 0 Å². The van der Waals surface area contributed by atoms with E-state index in [4.69, 9.17) is 0 Å². The Hall–Kier alpha value is -1.26. The fraction of sp³-hybridized carbons (Fsp3) is 0.867. The van der Waals surface area contributed by atoms with Gasteiger partial charge >= 0.3 is 12.0 Å². The van der Waals surface area contributed by atoms with Gasteiger partial charge < -0.3 is 15.3 Å². The van der Waals surface area contributed by atoms with E-state index in [1.807, 2.05) is 6.92 Å². The summed E-state index contributed by atoms with van der Waals surface area (Å²) in [5, 5.41) is 12.2. The quantitative estimate of drug-likeness (QED) is 0.835. The monoisotopic (exact) mass is 282 g/mol. The Balaban J connectivity index is 1.84. The third-order valence-corrected chi connectivity index (χ3v) is 4.68. The smallest absolute Gasteiger partial charge is 0.326 e. The first-order chi connectivity index (χ1) is 9.58. The predicted octanol–water partition coefficient (Wildman–Crippen LogP) is 2.46. The second-order valence-corrected chi connectivity index (χ2v) is 6.37. The SMILES string of the molecule is CC1CCN(C(=O)NCC2CCCCC2)C(C(=O)O)C1. The molecule has 2 aliphatic rings. The normalized spacial score (nSPS) is 28.1. The van der Waals surface area contributed by atoms with E-state index in [0.29, 0.717) is 31.3 Å². The molecular weight excluding hydrogens is 256 g/mol. The summed E-state index contributed by atoms with van der Waals surface area (Å²) in [5.41, 5.74) is 0. The maximum Gasteiger partial charge on any atom is 0.326 e. The van der Waals surface area contributed by atoms with E-state index < -0.39 is 12.0 Å². The molecule has 2 unspecified atom stereocenters. The lowest BCUT2D eigenvalue weighted by atomic mass is 9.89. The predicted molar refractivity (Wildman–Crippen MR) is 76.5 cm³/mol. The first-order valence-corrected chi connectivity index (χ1v) is 7.85. The van der Waals surface area contributed by atoms with Gasteiger partial charge in [-0.15, -0.1) is 0 Å². The average Bonchev–Trinajstić information content (AvgIpc) is 2.45. The largest absolute Gasteiger partial charge is 0.480 e. The van der Waals surface area contributed by atoms with Crippen LogP contribution < -0.4 is 5.32 Å². The molecule has 114 valence electrons. The Kier molecular flexibility index (Phi) is 5.26. The first kappa shape index (κ1) is 15.1. The zero-order valence-electron chi connectivity index (χ0n) is 12.3. The number of hydrogen-bond donors (Lipinski definition) is 2. The van der Waals surface area contributed by atoms with Gasteiger partial charge in [0, 0.05) is 13.1 Å². The van der Waals surface area contributed by atoms with Crippen molar-refractivity contribution in [2.24, 2.45) is 11.8 Å². The standard InChI is InChI=1S/C15H26N2O3/c1-11-7-8-17(13(9-11)14(18)19)15(20)16-10-12-5-3-2-4-6-12/h11-13H,2-10H2,1H3,(H,16,20)(H,18,19). The lowest BCUT2D eigenvalue weighted by Gasteiger charge is -2.36. The lowest BCUT2D eigenvalue weighted by molar-refractivity contribution is -0.143.